The molecule has 0 aliphatic carbocycles. The van der Waals surface area contributed by atoms with E-state index >= 15 is 0 Å². The van der Waals surface area contributed by atoms with Crippen LogP contribution in [0, 0.1) is 13.8 Å². The number of carbonyl (C=O) groups is 2. The van der Waals surface area contributed by atoms with Crippen molar-refractivity contribution in [2.45, 2.75) is 13.8 Å². The molecule has 0 aromatic heterocycles. The molecule has 29 heavy (non-hydrogen) atoms. The van der Waals surface area contributed by atoms with Crippen molar-refractivity contribution >= 4 is 33.8 Å². The Bertz CT molecular complexity index is 1180. The lowest BCUT2D eigenvalue weighted by Gasteiger charge is -2.11. The molecule has 3 aromatic rings. The SMILES string of the molecule is Cc1ccccc1C(=O)Oc1ccc2c(c1C)O/C(=C\c1cccc(Br)c1)C2=O. The number of Topliss-reactive ketones (excluding diaryl/α,β-unsaturated/α-hetero) is 1. The highest BCUT2D eigenvalue weighted by Gasteiger charge is 2.30. The first-order chi connectivity index (χ1) is 13.9. The van der Waals surface area contributed by atoms with Gasteiger partial charge < -0.3 is 9.47 Å². The fourth-order valence-corrected chi connectivity index (χ4v) is 3.60. The summed E-state index contributed by atoms with van der Waals surface area (Å²) in [4.78, 5) is 25.3. The Labute approximate surface area is 176 Å². The first kappa shape index (κ1) is 19.2. The number of carbonyl (C=O) groups excluding carboxylic acids is 2. The van der Waals surface area contributed by atoms with Crippen LogP contribution < -0.4 is 9.47 Å². The lowest BCUT2D eigenvalue weighted by molar-refractivity contribution is 0.0732. The van der Waals surface area contributed by atoms with Crippen molar-refractivity contribution in [3.63, 3.8) is 0 Å². The first-order valence-electron chi connectivity index (χ1n) is 9.05. The fraction of sp³-hybridized carbons (Fsp3) is 0.0833. The second kappa shape index (κ2) is 7.68. The number of allylic oxidation sites excluding steroid dienone is 1. The Balaban J connectivity index is 1.63. The van der Waals surface area contributed by atoms with Crippen LogP contribution >= 0.6 is 15.9 Å². The van der Waals surface area contributed by atoms with Gasteiger partial charge in [-0.3, -0.25) is 4.79 Å². The monoisotopic (exact) mass is 448 g/mol. The zero-order chi connectivity index (χ0) is 20.5. The van der Waals surface area contributed by atoms with Crippen LogP contribution in [0.15, 0.2) is 70.9 Å². The number of hydrogen-bond acceptors (Lipinski definition) is 4. The lowest BCUT2D eigenvalue weighted by atomic mass is 10.1. The van der Waals surface area contributed by atoms with Gasteiger partial charge in [-0.05, 0) is 61.4 Å². The smallest absolute Gasteiger partial charge is 0.343 e. The largest absolute Gasteiger partial charge is 0.452 e. The zero-order valence-electron chi connectivity index (χ0n) is 15.9. The molecule has 144 valence electrons. The number of ether oxygens (including phenoxy) is 2. The van der Waals surface area contributed by atoms with Crippen LogP contribution in [0.5, 0.6) is 11.5 Å². The maximum atomic E-state index is 12.7. The molecule has 0 bridgehead atoms. The molecule has 0 amide bonds. The van der Waals surface area contributed by atoms with Gasteiger partial charge >= 0.3 is 5.97 Å². The number of aryl methyl sites for hydroxylation is 1. The molecular formula is C24H17BrO4. The molecule has 0 spiro atoms. The molecule has 0 atom stereocenters. The van der Waals surface area contributed by atoms with Crippen LogP contribution in [0.1, 0.15) is 37.4 Å². The van der Waals surface area contributed by atoms with Gasteiger partial charge in [-0.25, -0.2) is 4.79 Å². The molecule has 0 radical (unpaired) electrons. The van der Waals surface area contributed by atoms with E-state index in [1.807, 2.05) is 43.3 Å². The summed E-state index contributed by atoms with van der Waals surface area (Å²) in [6.45, 7) is 3.63. The van der Waals surface area contributed by atoms with E-state index in [1.54, 1.807) is 37.3 Å². The van der Waals surface area contributed by atoms with Gasteiger partial charge in [0.05, 0.1) is 11.1 Å². The average Bonchev–Trinajstić information content (AvgIpc) is 3.01. The van der Waals surface area contributed by atoms with Gasteiger partial charge in [0.15, 0.2) is 5.76 Å². The van der Waals surface area contributed by atoms with Gasteiger partial charge in [-0.15, -0.1) is 0 Å². The van der Waals surface area contributed by atoms with E-state index in [-0.39, 0.29) is 11.5 Å². The van der Waals surface area contributed by atoms with E-state index in [1.165, 1.54) is 0 Å². The van der Waals surface area contributed by atoms with Crippen molar-refractivity contribution in [3.05, 3.63) is 98.7 Å². The van der Waals surface area contributed by atoms with E-state index in [0.29, 0.717) is 28.2 Å². The highest BCUT2D eigenvalue weighted by molar-refractivity contribution is 9.10. The molecule has 0 saturated carbocycles. The summed E-state index contributed by atoms with van der Waals surface area (Å²) in [6, 6.07) is 18.1. The first-order valence-corrected chi connectivity index (χ1v) is 9.84. The molecule has 4 rings (SSSR count). The number of halogens is 1. The van der Waals surface area contributed by atoms with Crippen molar-refractivity contribution < 1.29 is 19.1 Å². The molecule has 0 N–H and O–H groups in total. The fourth-order valence-electron chi connectivity index (χ4n) is 3.18. The van der Waals surface area contributed by atoms with Crippen molar-refractivity contribution in [1.29, 1.82) is 0 Å². The number of rotatable bonds is 3. The van der Waals surface area contributed by atoms with E-state index < -0.39 is 5.97 Å². The van der Waals surface area contributed by atoms with Crippen LogP contribution in [-0.2, 0) is 0 Å². The highest BCUT2D eigenvalue weighted by Crippen LogP contribution is 2.39. The number of hydrogen-bond donors (Lipinski definition) is 0. The summed E-state index contributed by atoms with van der Waals surface area (Å²) in [7, 11) is 0. The van der Waals surface area contributed by atoms with Crippen LogP contribution in [0.25, 0.3) is 6.08 Å². The molecule has 1 heterocycles. The Morgan fingerprint density at radius 1 is 1.03 bits per heavy atom. The van der Waals surface area contributed by atoms with Gasteiger partial charge in [-0.1, -0.05) is 46.3 Å². The number of benzene rings is 3. The van der Waals surface area contributed by atoms with Crippen LogP contribution in [0.3, 0.4) is 0 Å². The second-order valence-electron chi connectivity index (χ2n) is 6.76. The maximum Gasteiger partial charge on any atom is 0.343 e. The molecule has 4 nitrogen and oxygen atoms in total. The Morgan fingerprint density at radius 3 is 2.59 bits per heavy atom. The number of esters is 1. The molecule has 0 fully saturated rings. The molecular weight excluding hydrogens is 432 g/mol. The summed E-state index contributed by atoms with van der Waals surface area (Å²) in [6.07, 6.45) is 1.70. The minimum atomic E-state index is -0.444. The van der Waals surface area contributed by atoms with Gasteiger partial charge in [0.1, 0.15) is 11.5 Å². The predicted molar refractivity (Wildman–Crippen MR) is 114 cm³/mol. The summed E-state index contributed by atoms with van der Waals surface area (Å²) in [5, 5.41) is 0. The van der Waals surface area contributed by atoms with Crippen LogP contribution in [0.2, 0.25) is 0 Å². The molecule has 3 aromatic carbocycles. The standard InChI is InChI=1S/C24H17BrO4/c1-14-6-3-4-9-18(14)24(27)29-20-11-10-19-22(26)21(28-23(19)15(20)2)13-16-7-5-8-17(25)12-16/h3-13H,1-2H3/b21-13-. The lowest BCUT2D eigenvalue weighted by Crippen LogP contribution is -2.11. The predicted octanol–water partition coefficient (Wildman–Crippen LogP) is 5.90. The summed E-state index contributed by atoms with van der Waals surface area (Å²) >= 11 is 3.42. The van der Waals surface area contributed by atoms with Crippen LogP contribution in [-0.4, -0.2) is 11.8 Å². The van der Waals surface area contributed by atoms with Crippen molar-refractivity contribution in [2.24, 2.45) is 0 Å². The zero-order valence-corrected chi connectivity index (χ0v) is 17.4. The van der Waals surface area contributed by atoms with Gasteiger partial charge in [0.2, 0.25) is 5.78 Å². The maximum absolute atomic E-state index is 12.7. The van der Waals surface area contributed by atoms with Crippen molar-refractivity contribution in [1.82, 2.24) is 0 Å². The van der Waals surface area contributed by atoms with Crippen LogP contribution in [0.4, 0.5) is 0 Å². The molecule has 1 aliphatic heterocycles. The van der Waals surface area contributed by atoms with Crippen molar-refractivity contribution in [3.8, 4) is 11.5 Å². The minimum absolute atomic E-state index is 0.195. The quantitative estimate of drug-likeness (QED) is 0.284. The van der Waals surface area contributed by atoms with Crippen molar-refractivity contribution in [2.75, 3.05) is 0 Å². The van der Waals surface area contributed by atoms with Gasteiger partial charge in [0.25, 0.3) is 0 Å². The number of fused-ring (bicyclic) bond motifs is 1. The Kier molecular flexibility index (Phi) is 5.07. The highest BCUT2D eigenvalue weighted by atomic mass is 79.9. The Hall–Kier alpha value is -3.18. The number of ketones is 1. The third-order valence-corrected chi connectivity index (χ3v) is 5.24. The molecule has 5 heteroatoms. The minimum Gasteiger partial charge on any atom is -0.452 e. The molecule has 0 unspecified atom stereocenters. The third kappa shape index (κ3) is 3.74. The summed E-state index contributed by atoms with van der Waals surface area (Å²) in [5.74, 6) is 0.392. The summed E-state index contributed by atoms with van der Waals surface area (Å²) < 4.78 is 12.3. The normalized spacial score (nSPS) is 13.9. The van der Waals surface area contributed by atoms with E-state index in [2.05, 4.69) is 15.9 Å². The average molecular weight is 449 g/mol. The van der Waals surface area contributed by atoms with Gasteiger partial charge in [-0.2, -0.15) is 0 Å². The molecule has 1 aliphatic rings. The molecule has 0 saturated heterocycles. The topological polar surface area (TPSA) is 52.6 Å². The summed E-state index contributed by atoms with van der Waals surface area (Å²) in [5.41, 5.74) is 3.25. The van der Waals surface area contributed by atoms with E-state index in [4.69, 9.17) is 9.47 Å². The van der Waals surface area contributed by atoms with E-state index in [9.17, 15) is 9.59 Å². The third-order valence-electron chi connectivity index (χ3n) is 4.75. The Morgan fingerprint density at radius 2 is 1.83 bits per heavy atom. The van der Waals surface area contributed by atoms with Gasteiger partial charge in [0, 0.05) is 10.0 Å². The second-order valence-corrected chi connectivity index (χ2v) is 7.68. The van der Waals surface area contributed by atoms with E-state index in [0.717, 1.165) is 15.6 Å².